The summed E-state index contributed by atoms with van der Waals surface area (Å²) in [7, 11) is 2.12. The van der Waals surface area contributed by atoms with Crippen LogP contribution in [0.5, 0.6) is 0 Å². The average molecular weight is 390 g/mol. The maximum Gasteiger partial charge on any atom is 0.490 e. The molecular formula is C18H25F3N2O4. The SMILES string of the molecule is CN1CCN(c2cc(C(=O)O)cc(C(C)(C)C)c2)CC1.O=C(O)C(F)(F)F. The van der Waals surface area contributed by atoms with Gasteiger partial charge in [-0.1, -0.05) is 20.8 Å². The molecule has 1 aromatic carbocycles. The van der Waals surface area contributed by atoms with Crippen LogP contribution in [0.4, 0.5) is 18.9 Å². The van der Waals surface area contributed by atoms with Crippen LogP contribution in [0.2, 0.25) is 0 Å². The molecule has 6 nitrogen and oxygen atoms in total. The van der Waals surface area contributed by atoms with Gasteiger partial charge in [0.25, 0.3) is 0 Å². The van der Waals surface area contributed by atoms with Gasteiger partial charge in [-0.25, -0.2) is 9.59 Å². The molecule has 152 valence electrons. The molecular weight excluding hydrogens is 365 g/mol. The molecule has 0 radical (unpaired) electrons. The Balaban J connectivity index is 0.000000445. The Hall–Kier alpha value is -2.29. The molecule has 1 aromatic rings. The minimum atomic E-state index is -5.08. The fourth-order valence-corrected chi connectivity index (χ4v) is 2.41. The highest BCUT2D eigenvalue weighted by Crippen LogP contribution is 2.29. The summed E-state index contributed by atoms with van der Waals surface area (Å²) in [5.41, 5.74) is 2.44. The number of alkyl halides is 3. The first-order chi connectivity index (χ1) is 12.2. The number of halogens is 3. The molecule has 1 saturated heterocycles. The Kier molecular flexibility index (Phi) is 7.25. The standard InChI is InChI=1S/C16H24N2O2.C2HF3O2/c1-16(2,3)13-9-12(15(19)20)10-14(11-13)18-7-5-17(4)6-8-18;3-2(4,5)1(6)7/h9-11H,5-8H2,1-4H3,(H,19,20);(H,6,7). The first-order valence-corrected chi connectivity index (χ1v) is 8.34. The number of nitrogens with zero attached hydrogens (tertiary/aromatic N) is 2. The van der Waals surface area contributed by atoms with Crippen molar-refractivity contribution in [3.63, 3.8) is 0 Å². The average Bonchev–Trinajstić information content (AvgIpc) is 2.54. The van der Waals surface area contributed by atoms with Gasteiger partial charge in [-0.15, -0.1) is 0 Å². The zero-order chi connectivity index (χ0) is 21.0. The predicted octanol–water partition coefficient (Wildman–Crippen LogP) is 3.07. The minimum Gasteiger partial charge on any atom is -0.478 e. The van der Waals surface area contributed by atoms with E-state index in [0.717, 1.165) is 37.4 Å². The maximum absolute atomic E-state index is 11.3. The number of likely N-dealkylation sites (N-methyl/N-ethyl adjacent to an activating group) is 1. The summed E-state index contributed by atoms with van der Waals surface area (Å²) in [6.07, 6.45) is -5.08. The Morgan fingerprint density at radius 1 is 0.963 bits per heavy atom. The molecule has 2 rings (SSSR count). The van der Waals surface area contributed by atoms with Crippen LogP contribution in [0.25, 0.3) is 0 Å². The van der Waals surface area contributed by atoms with Crippen molar-refractivity contribution in [3.8, 4) is 0 Å². The highest BCUT2D eigenvalue weighted by Gasteiger charge is 2.38. The van der Waals surface area contributed by atoms with Gasteiger partial charge in [0, 0.05) is 31.9 Å². The highest BCUT2D eigenvalue weighted by molar-refractivity contribution is 5.89. The topological polar surface area (TPSA) is 81.1 Å². The third-order valence-corrected chi connectivity index (χ3v) is 4.14. The van der Waals surface area contributed by atoms with Gasteiger partial charge in [-0.3, -0.25) is 0 Å². The summed E-state index contributed by atoms with van der Waals surface area (Å²) >= 11 is 0. The van der Waals surface area contributed by atoms with Crippen LogP contribution >= 0.6 is 0 Å². The first kappa shape index (κ1) is 22.8. The van der Waals surface area contributed by atoms with Gasteiger partial charge in [-0.05, 0) is 36.2 Å². The Morgan fingerprint density at radius 2 is 1.44 bits per heavy atom. The van der Waals surface area contributed by atoms with E-state index in [-0.39, 0.29) is 5.41 Å². The molecule has 0 atom stereocenters. The number of hydrogen-bond acceptors (Lipinski definition) is 4. The van der Waals surface area contributed by atoms with Crippen LogP contribution in [0, 0.1) is 0 Å². The number of aromatic carboxylic acids is 1. The Bertz CT molecular complexity index is 676. The van der Waals surface area contributed by atoms with Gasteiger partial charge < -0.3 is 20.0 Å². The van der Waals surface area contributed by atoms with Crippen molar-refractivity contribution in [2.45, 2.75) is 32.4 Å². The third kappa shape index (κ3) is 7.09. The van der Waals surface area contributed by atoms with Crippen molar-refractivity contribution in [1.29, 1.82) is 0 Å². The fraction of sp³-hybridized carbons (Fsp3) is 0.556. The number of anilines is 1. The predicted molar refractivity (Wildman–Crippen MR) is 95.5 cm³/mol. The Labute approximate surface area is 156 Å². The van der Waals surface area contributed by atoms with Crippen molar-refractivity contribution in [1.82, 2.24) is 4.90 Å². The van der Waals surface area contributed by atoms with Gasteiger partial charge in [0.15, 0.2) is 0 Å². The van der Waals surface area contributed by atoms with E-state index >= 15 is 0 Å². The lowest BCUT2D eigenvalue weighted by molar-refractivity contribution is -0.192. The van der Waals surface area contributed by atoms with Crippen LogP contribution < -0.4 is 4.90 Å². The molecule has 2 N–H and O–H groups in total. The third-order valence-electron chi connectivity index (χ3n) is 4.14. The quantitative estimate of drug-likeness (QED) is 0.808. The molecule has 1 aliphatic heterocycles. The van der Waals surface area contributed by atoms with Gasteiger partial charge in [0.1, 0.15) is 0 Å². The summed E-state index contributed by atoms with van der Waals surface area (Å²) in [6, 6.07) is 5.72. The van der Waals surface area contributed by atoms with E-state index in [9.17, 15) is 23.1 Å². The monoisotopic (exact) mass is 390 g/mol. The lowest BCUT2D eigenvalue weighted by Gasteiger charge is -2.35. The lowest BCUT2D eigenvalue weighted by atomic mass is 9.85. The summed E-state index contributed by atoms with van der Waals surface area (Å²) in [5.74, 6) is -3.61. The number of carbonyl (C=O) groups is 2. The number of benzene rings is 1. The smallest absolute Gasteiger partial charge is 0.478 e. The second kappa shape index (κ2) is 8.60. The first-order valence-electron chi connectivity index (χ1n) is 8.34. The van der Waals surface area contributed by atoms with Crippen LogP contribution in [0.15, 0.2) is 18.2 Å². The van der Waals surface area contributed by atoms with Crippen molar-refractivity contribution >= 4 is 17.6 Å². The summed E-state index contributed by atoms with van der Waals surface area (Å²) in [6.45, 7) is 10.3. The van der Waals surface area contributed by atoms with E-state index < -0.39 is 18.1 Å². The molecule has 0 unspecified atom stereocenters. The van der Waals surface area contributed by atoms with Crippen molar-refractivity contribution in [2.24, 2.45) is 0 Å². The molecule has 0 amide bonds. The van der Waals surface area contributed by atoms with Crippen LogP contribution in [0.1, 0.15) is 36.7 Å². The number of aliphatic carboxylic acids is 1. The van der Waals surface area contributed by atoms with Gasteiger partial charge in [0.2, 0.25) is 0 Å². The summed E-state index contributed by atoms with van der Waals surface area (Å²) in [4.78, 5) is 24.8. The fourth-order valence-electron chi connectivity index (χ4n) is 2.41. The van der Waals surface area contributed by atoms with E-state index in [4.69, 9.17) is 9.90 Å². The zero-order valence-electron chi connectivity index (χ0n) is 15.8. The van der Waals surface area contributed by atoms with E-state index in [1.807, 2.05) is 0 Å². The van der Waals surface area contributed by atoms with Crippen LogP contribution in [0.3, 0.4) is 0 Å². The number of piperazine rings is 1. The van der Waals surface area contributed by atoms with Gasteiger partial charge in [-0.2, -0.15) is 13.2 Å². The van der Waals surface area contributed by atoms with Crippen molar-refractivity contribution < 1.29 is 33.0 Å². The van der Waals surface area contributed by atoms with E-state index in [1.54, 1.807) is 12.1 Å². The minimum absolute atomic E-state index is 0.0488. The normalized spacial score (nSPS) is 15.7. The maximum atomic E-state index is 11.3. The molecule has 0 bridgehead atoms. The van der Waals surface area contributed by atoms with E-state index in [1.165, 1.54) is 0 Å². The second-order valence-corrected chi connectivity index (χ2v) is 7.42. The van der Waals surface area contributed by atoms with Crippen LogP contribution in [-0.2, 0) is 10.2 Å². The van der Waals surface area contributed by atoms with E-state index in [2.05, 4.69) is 43.7 Å². The molecule has 27 heavy (non-hydrogen) atoms. The Morgan fingerprint density at radius 3 is 1.81 bits per heavy atom. The molecule has 0 saturated carbocycles. The molecule has 1 heterocycles. The zero-order valence-corrected chi connectivity index (χ0v) is 15.8. The van der Waals surface area contributed by atoms with E-state index in [0.29, 0.717) is 5.56 Å². The van der Waals surface area contributed by atoms with Gasteiger partial charge >= 0.3 is 18.1 Å². The molecule has 1 fully saturated rings. The van der Waals surface area contributed by atoms with Crippen molar-refractivity contribution in [3.05, 3.63) is 29.3 Å². The lowest BCUT2D eigenvalue weighted by Crippen LogP contribution is -2.44. The molecule has 0 aliphatic carbocycles. The largest absolute Gasteiger partial charge is 0.490 e. The number of hydrogen-bond donors (Lipinski definition) is 2. The second-order valence-electron chi connectivity index (χ2n) is 7.42. The summed E-state index contributed by atoms with van der Waals surface area (Å²) < 4.78 is 31.7. The number of rotatable bonds is 2. The highest BCUT2D eigenvalue weighted by atomic mass is 19.4. The molecule has 9 heteroatoms. The molecule has 1 aliphatic rings. The molecule has 0 aromatic heterocycles. The van der Waals surface area contributed by atoms with Crippen LogP contribution in [-0.4, -0.2) is 66.5 Å². The number of carboxylic acid groups (broad SMARTS) is 2. The molecule has 0 spiro atoms. The van der Waals surface area contributed by atoms with Crippen molar-refractivity contribution in [2.75, 3.05) is 38.1 Å². The van der Waals surface area contributed by atoms with Gasteiger partial charge in [0.05, 0.1) is 5.56 Å². The number of carboxylic acids is 2. The summed E-state index contributed by atoms with van der Waals surface area (Å²) in [5, 5.41) is 16.4.